The van der Waals surface area contributed by atoms with Crippen LogP contribution in [0.4, 0.5) is 5.13 Å². The molecule has 4 aromatic rings. The lowest BCUT2D eigenvalue weighted by molar-refractivity contribution is -0.132. The van der Waals surface area contributed by atoms with Crippen LogP contribution in [0.15, 0.2) is 70.6 Å². The fraction of sp³-hybridized carbons (Fsp3) is 0.314. The molecule has 11 heteroatoms. The second-order valence-electron chi connectivity index (χ2n) is 11.4. The molecule has 2 unspecified atom stereocenters. The number of anilines is 1. The van der Waals surface area contributed by atoms with E-state index in [1.165, 1.54) is 33.6 Å². The third-order valence-electron chi connectivity index (χ3n) is 7.96. The highest BCUT2D eigenvalue weighted by molar-refractivity contribution is 8.00. The summed E-state index contributed by atoms with van der Waals surface area (Å²) in [6, 6.07) is 17.9. The number of unbranched alkanes of at least 4 members (excludes halogenated alkanes) is 1. The summed E-state index contributed by atoms with van der Waals surface area (Å²) in [5, 5.41) is 20.6. The number of aryl methyl sites for hydroxylation is 1. The van der Waals surface area contributed by atoms with Crippen LogP contribution in [0.3, 0.4) is 0 Å². The quantitative estimate of drug-likeness (QED) is 0.0444. The van der Waals surface area contributed by atoms with E-state index in [1.54, 1.807) is 37.4 Å². The molecule has 0 radical (unpaired) electrons. The third kappa shape index (κ3) is 6.34. The van der Waals surface area contributed by atoms with Crippen LogP contribution in [-0.4, -0.2) is 46.8 Å². The molecular formula is C35H35N3O6S2. The number of benzene rings is 3. The van der Waals surface area contributed by atoms with Crippen LogP contribution in [0, 0.1) is 6.92 Å². The summed E-state index contributed by atoms with van der Waals surface area (Å²) < 4.78 is 18.1. The lowest BCUT2D eigenvalue weighted by atomic mass is 9.94. The van der Waals surface area contributed by atoms with Gasteiger partial charge in [-0.2, -0.15) is 0 Å². The normalized spacial score (nSPS) is 18.5. The Hall–Kier alpha value is -4.35. The number of rotatable bonds is 11. The number of thioether (sulfide) groups is 1. The van der Waals surface area contributed by atoms with Gasteiger partial charge in [0.2, 0.25) is 5.13 Å². The summed E-state index contributed by atoms with van der Waals surface area (Å²) in [6.07, 6.45) is 2.56. The Balaban J connectivity index is 1.40. The minimum absolute atomic E-state index is 0.0129. The molecule has 2 atom stereocenters. The van der Waals surface area contributed by atoms with Gasteiger partial charge in [-0.15, -0.1) is 10.2 Å². The van der Waals surface area contributed by atoms with Gasteiger partial charge in [0.05, 0.1) is 25.3 Å². The van der Waals surface area contributed by atoms with Crippen LogP contribution in [0.25, 0.3) is 5.76 Å². The van der Waals surface area contributed by atoms with E-state index in [2.05, 4.69) is 41.4 Å². The standard InChI is InChI=1S/C35H35N3O6S2/c1-5-6-15-43-27-14-11-23(18-28(27)42-4)30-29(31(39)24-12-13-26-25(17-24)16-21(3)44-26)32(40)33(41)38(30)34-36-37-35(46-34)45-19-22-9-7-20(2)8-10-22/h7-14,17-18,21,30,39H,5-6,15-16,19H2,1-4H3/b31-29+. The first-order valence-electron chi connectivity index (χ1n) is 15.2. The zero-order valence-electron chi connectivity index (χ0n) is 26.1. The van der Waals surface area contributed by atoms with Gasteiger partial charge in [0, 0.05) is 17.7 Å². The second-order valence-corrected chi connectivity index (χ2v) is 13.5. The molecule has 0 aliphatic carbocycles. The molecule has 0 saturated carbocycles. The van der Waals surface area contributed by atoms with E-state index in [0.29, 0.717) is 45.7 Å². The van der Waals surface area contributed by atoms with Crippen LogP contribution in [0.2, 0.25) is 0 Å². The van der Waals surface area contributed by atoms with E-state index in [1.807, 2.05) is 19.9 Å². The highest BCUT2D eigenvalue weighted by atomic mass is 32.2. The van der Waals surface area contributed by atoms with Crippen molar-refractivity contribution in [2.75, 3.05) is 18.6 Å². The molecule has 238 valence electrons. The van der Waals surface area contributed by atoms with Crippen LogP contribution in [0.1, 0.15) is 60.5 Å². The number of aliphatic hydroxyl groups is 1. The Morgan fingerprint density at radius 1 is 1.09 bits per heavy atom. The van der Waals surface area contributed by atoms with E-state index in [4.69, 9.17) is 14.2 Å². The average Bonchev–Trinajstić information content (AvgIpc) is 3.75. The van der Waals surface area contributed by atoms with Gasteiger partial charge in [-0.3, -0.25) is 14.5 Å². The fourth-order valence-corrected chi connectivity index (χ4v) is 7.38. The molecule has 9 nitrogen and oxygen atoms in total. The van der Waals surface area contributed by atoms with Crippen LogP contribution >= 0.6 is 23.1 Å². The van der Waals surface area contributed by atoms with E-state index >= 15 is 0 Å². The summed E-state index contributed by atoms with van der Waals surface area (Å²) in [5.74, 6) is 0.554. The average molecular weight is 658 g/mol. The number of nitrogens with zero attached hydrogens (tertiary/aromatic N) is 3. The summed E-state index contributed by atoms with van der Waals surface area (Å²) in [5.41, 5.74) is 4.19. The number of carbonyl (C=O) groups is 2. The zero-order valence-corrected chi connectivity index (χ0v) is 27.7. The molecule has 0 bridgehead atoms. The lowest BCUT2D eigenvalue weighted by Crippen LogP contribution is -2.29. The summed E-state index contributed by atoms with van der Waals surface area (Å²) >= 11 is 2.73. The minimum Gasteiger partial charge on any atom is -0.507 e. The molecular weight excluding hydrogens is 623 g/mol. The molecule has 0 spiro atoms. The van der Waals surface area contributed by atoms with Gasteiger partial charge in [-0.05, 0) is 67.3 Å². The first-order valence-corrected chi connectivity index (χ1v) is 17.0. The molecule has 3 heterocycles. The van der Waals surface area contributed by atoms with Crippen molar-refractivity contribution in [2.24, 2.45) is 0 Å². The largest absolute Gasteiger partial charge is 0.507 e. The molecule has 3 aromatic carbocycles. The zero-order chi connectivity index (χ0) is 32.4. The van der Waals surface area contributed by atoms with E-state index in [0.717, 1.165) is 29.7 Å². The maximum absolute atomic E-state index is 13.8. The number of ether oxygens (including phenoxy) is 3. The van der Waals surface area contributed by atoms with Gasteiger partial charge in [0.15, 0.2) is 15.8 Å². The van der Waals surface area contributed by atoms with E-state index in [9.17, 15) is 14.7 Å². The second kappa shape index (κ2) is 13.6. The van der Waals surface area contributed by atoms with Crippen molar-refractivity contribution in [3.63, 3.8) is 0 Å². The first kappa shape index (κ1) is 31.6. The first-order chi connectivity index (χ1) is 22.3. The van der Waals surface area contributed by atoms with Crippen molar-refractivity contribution in [3.05, 3.63) is 94.1 Å². The molecule has 1 amide bonds. The molecule has 2 aliphatic rings. The number of fused-ring (bicyclic) bond motifs is 1. The topological polar surface area (TPSA) is 111 Å². The van der Waals surface area contributed by atoms with Gasteiger partial charge < -0.3 is 19.3 Å². The van der Waals surface area contributed by atoms with Crippen LogP contribution in [0.5, 0.6) is 17.2 Å². The van der Waals surface area contributed by atoms with Gasteiger partial charge in [0.25, 0.3) is 5.78 Å². The summed E-state index contributed by atoms with van der Waals surface area (Å²) in [6.45, 7) is 6.63. The fourth-order valence-electron chi connectivity index (χ4n) is 5.56. The van der Waals surface area contributed by atoms with Gasteiger partial charge in [-0.1, -0.05) is 72.3 Å². The molecule has 2 aliphatic heterocycles. The maximum atomic E-state index is 13.8. The molecule has 6 rings (SSSR count). The highest BCUT2D eigenvalue weighted by Gasteiger charge is 2.48. The summed E-state index contributed by atoms with van der Waals surface area (Å²) in [4.78, 5) is 28.9. The lowest BCUT2D eigenvalue weighted by Gasteiger charge is -2.23. The van der Waals surface area contributed by atoms with Crippen LogP contribution in [-0.2, 0) is 21.8 Å². The van der Waals surface area contributed by atoms with Gasteiger partial charge in [0.1, 0.15) is 17.6 Å². The summed E-state index contributed by atoms with van der Waals surface area (Å²) in [7, 11) is 1.54. The molecule has 1 N–H and O–H groups in total. The number of aliphatic hydroxyl groups excluding tert-OH is 1. The van der Waals surface area contributed by atoms with Gasteiger partial charge >= 0.3 is 5.91 Å². The number of aromatic nitrogens is 2. The van der Waals surface area contributed by atoms with E-state index in [-0.39, 0.29) is 22.6 Å². The Kier molecular flexibility index (Phi) is 9.32. The third-order valence-corrected chi connectivity index (χ3v) is 10.1. The van der Waals surface area contributed by atoms with Gasteiger partial charge in [-0.25, -0.2) is 0 Å². The minimum atomic E-state index is -0.982. The number of carbonyl (C=O) groups excluding carboxylic acids is 2. The molecule has 1 saturated heterocycles. The highest BCUT2D eigenvalue weighted by Crippen LogP contribution is 2.46. The van der Waals surface area contributed by atoms with Crippen molar-refractivity contribution < 1.29 is 28.9 Å². The predicted molar refractivity (Wildman–Crippen MR) is 179 cm³/mol. The molecule has 46 heavy (non-hydrogen) atoms. The Morgan fingerprint density at radius 3 is 2.65 bits per heavy atom. The van der Waals surface area contributed by atoms with Crippen molar-refractivity contribution in [3.8, 4) is 17.2 Å². The molecule has 1 aromatic heterocycles. The number of methoxy groups -OCH3 is 1. The van der Waals surface area contributed by atoms with Crippen molar-refractivity contribution in [1.29, 1.82) is 0 Å². The smallest absolute Gasteiger partial charge is 0.301 e. The molecule has 1 fully saturated rings. The number of amides is 1. The Labute approximate surface area is 276 Å². The van der Waals surface area contributed by atoms with Crippen molar-refractivity contribution >= 4 is 45.7 Å². The van der Waals surface area contributed by atoms with Crippen molar-refractivity contribution in [2.45, 2.75) is 62.3 Å². The van der Waals surface area contributed by atoms with Crippen LogP contribution < -0.4 is 19.1 Å². The number of Topliss-reactive ketones (excluding diaryl/α,β-unsaturated/α-hetero) is 1. The van der Waals surface area contributed by atoms with E-state index < -0.39 is 17.7 Å². The van der Waals surface area contributed by atoms with Crippen molar-refractivity contribution in [1.82, 2.24) is 10.2 Å². The Morgan fingerprint density at radius 2 is 1.89 bits per heavy atom. The number of hydrogen-bond acceptors (Lipinski definition) is 10. The maximum Gasteiger partial charge on any atom is 0.301 e. The monoisotopic (exact) mass is 657 g/mol. The number of ketones is 1. The predicted octanol–water partition coefficient (Wildman–Crippen LogP) is 7.28. The Bertz CT molecular complexity index is 1800. The SMILES string of the molecule is CCCCOc1ccc(C2/C(=C(\O)c3ccc4c(c3)CC(C)O4)C(=O)C(=O)N2c2nnc(SCc3ccc(C)cc3)s2)cc1OC. The number of hydrogen-bond donors (Lipinski definition) is 1.